The molecule has 190 valence electrons. The van der Waals surface area contributed by atoms with Gasteiger partial charge in [-0.25, -0.2) is 8.42 Å². The first kappa shape index (κ1) is 27.8. The molecule has 0 saturated carbocycles. The fourth-order valence-electron chi connectivity index (χ4n) is 3.53. The summed E-state index contributed by atoms with van der Waals surface area (Å²) in [4.78, 5) is 27.5. The predicted molar refractivity (Wildman–Crippen MR) is 143 cm³/mol. The average molecular weight is 569 g/mol. The van der Waals surface area contributed by atoms with Crippen molar-refractivity contribution in [1.82, 2.24) is 10.2 Å². The molecule has 0 fully saturated rings. The first-order chi connectivity index (χ1) is 17.1. The summed E-state index contributed by atoms with van der Waals surface area (Å²) in [5, 5.41) is 3.28. The molecular weight excluding hydrogens is 545 g/mol. The Kier molecular flexibility index (Phi) is 9.24. The van der Waals surface area contributed by atoms with E-state index in [9.17, 15) is 18.0 Å². The Morgan fingerprint density at radius 1 is 0.861 bits per heavy atom. The van der Waals surface area contributed by atoms with Gasteiger partial charge in [-0.15, -0.1) is 0 Å². The van der Waals surface area contributed by atoms with Crippen LogP contribution >= 0.6 is 34.8 Å². The molecule has 0 bridgehead atoms. The van der Waals surface area contributed by atoms with Gasteiger partial charge in [0, 0.05) is 29.2 Å². The number of nitrogens with one attached hydrogen (secondary N) is 1. The third-order valence-corrected chi connectivity index (χ3v) is 8.34. The number of rotatable bonds is 9. The molecule has 0 saturated heterocycles. The highest BCUT2D eigenvalue weighted by Gasteiger charge is 2.33. The van der Waals surface area contributed by atoms with Crippen molar-refractivity contribution in [3.63, 3.8) is 0 Å². The van der Waals surface area contributed by atoms with Crippen molar-refractivity contribution in [2.45, 2.75) is 24.4 Å². The summed E-state index contributed by atoms with van der Waals surface area (Å²) in [7, 11) is -2.75. The molecule has 11 heteroatoms. The molecule has 0 spiro atoms. The quantitative estimate of drug-likeness (QED) is 0.393. The van der Waals surface area contributed by atoms with E-state index in [-0.39, 0.29) is 22.2 Å². The van der Waals surface area contributed by atoms with Crippen LogP contribution in [-0.2, 0) is 26.2 Å². The lowest BCUT2D eigenvalue weighted by atomic mass is 10.1. The van der Waals surface area contributed by atoms with Gasteiger partial charge < -0.3 is 10.2 Å². The average Bonchev–Trinajstić information content (AvgIpc) is 2.87. The number of hydrogen-bond acceptors (Lipinski definition) is 4. The van der Waals surface area contributed by atoms with Crippen LogP contribution in [0.15, 0.2) is 77.7 Å². The largest absolute Gasteiger partial charge is 0.357 e. The molecule has 3 aromatic carbocycles. The molecule has 3 rings (SSSR count). The molecule has 0 unspecified atom stereocenters. The van der Waals surface area contributed by atoms with Gasteiger partial charge in [0.15, 0.2) is 0 Å². The third-order valence-electron chi connectivity index (χ3n) is 5.54. The zero-order valence-electron chi connectivity index (χ0n) is 19.5. The summed E-state index contributed by atoms with van der Waals surface area (Å²) in [6.07, 6.45) is 0. The Morgan fingerprint density at radius 3 is 2.00 bits per heavy atom. The maximum absolute atomic E-state index is 13.7. The number of nitrogens with zero attached hydrogens (tertiary/aromatic N) is 2. The van der Waals surface area contributed by atoms with Crippen LogP contribution in [-0.4, -0.2) is 44.8 Å². The topological polar surface area (TPSA) is 86.8 Å². The fourth-order valence-corrected chi connectivity index (χ4v) is 5.79. The molecule has 0 aliphatic rings. The minimum Gasteiger partial charge on any atom is -0.357 e. The molecule has 7 nitrogen and oxygen atoms in total. The predicted octanol–water partition coefficient (Wildman–Crippen LogP) is 5.01. The standard InChI is InChI=1S/C25H24Cl3N3O4S/c1-17(25(33)29-2)30(15-19-20(26)12-8-13-21(19)27)24(32)16-31(23-14-7-6-11-22(23)28)36(34,35)18-9-4-3-5-10-18/h3-14,17H,15-16H2,1-2H3,(H,29,33)/t17-/m0/s1. The Labute approximate surface area is 225 Å². The van der Waals surface area contributed by atoms with Crippen LogP contribution in [0.1, 0.15) is 12.5 Å². The van der Waals surface area contributed by atoms with E-state index < -0.39 is 34.4 Å². The molecule has 1 N–H and O–H groups in total. The van der Waals surface area contributed by atoms with Crippen LogP contribution in [0.5, 0.6) is 0 Å². The van der Waals surface area contributed by atoms with Crippen LogP contribution < -0.4 is 9.62 Å². The Balaban J connectivity index is 2.07. The highest BCUT2D eigenvalue weighted by atomic mass is 35.5. The van der Waals surface area contributed by atoms with Crippen molar-refractivity contribution >= 4 is 62.3 Å². The Hall–Kier alpha value is -2.78. The molecule has 1 atom stereocenters. The Bertz CT molecular complexity index is 1330. The zero-order valence-corrected chi connectivity index (χ0v) is 22.6. The number of para-hydroxylation sites is 1. The molecule has 2 amide bonds. The van der Waals surface area contributed by atoms with Gasteiger partial charge in [0.1, 0.15) is 12.6 Å². The molecule has 3 aromatic rings. The van der Waals surface area contributed by atoms with E-state index in [1.54, 1.807) is 48.5 Å². The van der Waals surface area contributed by atoms with E-state index in [0.29, 0.717) is 15.6 Å². The maximum Gasteiger partial charge on any atom is 0.264 e. The van der Waals surface area contributed by atoms with Crippen molar-refractivity contribution in [1.29, 1.82) is 0 Å². The van der Waals surface area contributed by atoms with Crippen molar-refractivity contribution in [2.24, 2.45) is 0 Å². The van der Waals surface area contributed by atoms with E-state index >= 15 is 0 Å². The molecule has 0 aliphatic heterocycles. The van der Waals surface area contributed by atoms with Crippen LogP contribution in [0.3, 0.4) is 0 Å². The minimum atomic E-state index is -4.20. The lowest BCUT2D eigenvalue weighted by molar-refractivity contribution is -0.139. The molecular formula is C25H24Cl3N3O4S. The van der Waals surface area contributed by atoms with Gasteiger partial charge in [-0.05, 0) is 43.3 Å². The number of halogens is 3. The van der Waals surface area contributed by atoms with Crippen LogP contribution in [0.4, 0.5) is 5.69 Å². The normalized spacial score (nSPS) is 12.0. The van der Waals surface area contributed by atoms with Gasteiger partial charge in [0.25, 0.3) is 10.0 Å². The summed E-state index contributed by atoms with van der Waals surface area (Å²) in [6.45, 7) is 0.797. The summed E-state index contributed by atoms with van der Waals surface area (Å²) >= 11 is 19.0. The highest BCUT2D eigenvalue weighted by Crippen LogP contribution is 2.31. The van der Waals surface area contributed by atoms with Gasteiger partial charge in [0.05, 0.1) is 15.6 Å². The molecule has 0 aromatic heterocycles. The van der Waals surface area contributed by atoms with Crippen molar-refractivity contribution in [3.8, 4) is 0 Å². The molecule has 36 heavy (non-hydrogen) atoms. The van der Waals surface area contributed by atoms with E-state index in [0.717, 1.165) is 4.31 Å². The van der Waals surface area contributed by atoms with E-state index in [1.165, 1.54) is 43.1 Å². The number of anilines is 1. The van der Waals surface area contributed by atoms with Crippen molar-refractivity contribution in [2.75, 3.05) is 17.9 Å². The van der Waals surface area contributed by atoms with E-state index in [1.807, 2.05) is 0 Å². The second-order valence-corrected chi connectivity index (χ2v) is 10.9. The lowest BCUT2D eigenvalue weighted by Crippen LogP contribution is -2.50. The van der Waals surface area contributed by atoms with Gasteiger partial charge >= 0.3 is 0 Å². The number of sulfonamides is 1. The van der Waals surface area contributed by atoms with Gasteiger partial charge in [0.2, 0.25) is 11.8 Å². The van der Waals surface area contributed by atoms with Gasteiger partial charge in [-0.2, -0.15) is 0 Å². The first-order valence-electron chi connectivity index (χ1n) is 10.8. The SMILES string of the molecule is CNC(=O)[C@H](C)N(Cc1c(Cl)cccc1Cl)C(=O)CN(c1ccccc1Cl)S(=O)(=O)c1ccccc1. The van der Waals surface area contributed by atoms with Gasteiger partial charge in [-0.1, -0.05) is 71.2 Å². The zero-order chi connectivity index (χ0) is 26.5. The van der Waals surface area contributed by atoms with Gasteiger partial charge in [-0.3, -0.25) is 13.9 Å². The van der Waals surface area contributed by atoms with Crippen molar-refractivity contribution < 1.29 is 18.0 Å². The lowest BCUT2D eigenvalue weighted by Gasteiger charge is -2.32. The second-order valence-electron chi connectivity index (χ2n) is 7.79. The summed E-state index contributed by atoms with van der Waals surface area (Å²) in [5.41, 5.74) is 0.555. The van der Waals surface area contributed by atoms with E-state index in [2.05, 4.69) is 5.32 Å². The van der Waals surface area contributed by atoms with Crippen LogP contribution in [0.25, 0.3) is 0 Å². The van der Waals surface area contributed by atoms with Crippen molar-refractivity contribution in [3.05, 3.63) is 93.4 Å². The smallest absolute Gasteiger partial charge is 0.264 e. The molecule has 0 heterocycles. The minimum absolute atomic E-state index is 0.0160. The Morgan fingerprint density at radius 2 is 1.42 bits per heavy atom. The molecule has 0 radical (unpaired) electrons. The van der Waals surface area contributed by atoms with Crippen LogP contribution in [0.2, 0.25) is 15.1 Å². The number of hydrogen-bond donors (Lipinski definition) is 1. The number of likely N-dealkylation sites (N-methyl/N-ethyl adjacent to an activating group) is 1. The highest BCUT2D eigenvalue weighted by molar-refractivity contribution is 7.92. The second kappa shape index (κ2) is 12.0. The fraction of sp³-hybridized carbons (Fsp3) is 0.200. The van der Waals surface area contributed by atoms with Crippen LogP contribution in [0, 0.1) is 0 Å². The summed E-state index contributed by atoms with van der Waals surface area (Å²) in [5.74, 6) is -1.09. The number of carbonyl (C=O) groups excluding carboxylic acids is 2. The molecule has 0 aliphatic carbocycles. The third kappa shape index (κ3) is 6.13. The monoisotopic (exact) mass is 567 g/mol. The number of amides is 2. The maximum atomic E-state index is 13.7. The summed E-state index contributed by atoms with van der Waals surface area (Å²) in [6, 6.07) is 18.0. The number of benzene rings is 3. The summed E-state index contributed by atoms with van der Waals surface area (Å²) < 4.78 is 28.2. The number of carbonyl (C=O) groups is 2. The first-order valence-corrected chi connectivity index (χ1v) is 13.4. The van der Waals surface area contributed by atoms with E-state index in [4.69, 9.17) is 34.8 Å².